The van der Waals surface area contributed by atoms with Crippen LogP contribution in [0.25, 0.3) is 5.76 Å². The first-order chi connectivity index (χ1) is 15.6. The first-order valence-electron chi connectivity index (χ1n) is 11.1. The first-order valence-corrected chi connectivity index (χ1v) is 11.9. The highest BCUT2D eigenvalue weighted by molar-refractivity contribution is 9.10. The van der Waals surface area contributed by atoms with Gasteiger partial charge in [-0.3, -0.25) is 9.59 Å². The first kappa shape index (κ1) is 25.0. The second-order valence-corrected chi connectivity index (χ2v) is 9.76. The lowest BCUT2D eigenvalue weighted by Gasteiger charge is -2.26. The Labute approximate surface area is 204 Å². The van der Waals surface area contributed by atoms with Crippen molar-refractivity contribution in [3.05, 3.63) is 69.2 Å². The van der Waals surface area contributed by atoms with Crippen LogP contribution >= 0.6 is 15.9 Å². The van der Waals surface area contributed by atoms with Crippen molar-refractivity contribution in [2.75, 3.05) is 27.2 Å². The molecule has 1 heterocycles. The molecular weight excluding hydrogens is 484 g/mol. The number of benzene rings is 2. The van der Waals surface area contributed by atoms with Crippen molar-refractivity contribution < 1.29 is 19.4 Å². The molecule has 3 rings (SSSR count). The van der Waals surface area contributed by atoms with Crippen LogP contribution in [0.15, 0.2) is 52.5 Å². The van der Waals surface area contributed by atoms with E-state index in [1.54, 1.807) is 23.1 Å². The minimum Gasteiger partial charge on any atom is -0.507 e. The number of hydrogen-bond donors (Lipinski definition) is 1. The van der Waals surface area contributed by atoms with Gasteiger partial charge in [0.05, 0.1) is 17.7 Å². The Morgan fingerprint density at radius 1 is 1.15 bits per heavy atom. The van der Waals surface area contributed by atoms with Crippen LogP contribution in [0, 0.1) is 6.92 Å². The summed E-state index contributed by atoms with van der Waals surface area (Å²) < 4.78 is 6.69. The van der Waals surface area contributed by atoms with E-state index in [9.17, 15) is 14.7 Å². The Morgan fingerprint density at radius 3 is 2.39 bits per heavy atom. The summed E-state index contributed by atoms with van der Waals surface area (Å²) >= 11 is 3.44. The number of aryl methyl sites for hydroxylation is 1. The Kier molecular flexibility index (Phi) is 7.97. The Bertz CT molecular complexity index is 1060. The van der Waals surface area contributed by atoms with Gasteiger partial charge in [0.1, 0.15) is 11.5 Å². The third kappa shape index (κ3) is 5.65. The second-order valence-electron chi connectivity index (χ2n) is 8.85. The van der Waals surface area contributed by atoms with Crippen molar-refractivity contribution >= 4 is 33.4 Å². The van der Waals surface area contributed by atoms with Gasteiger partial charge in [-0.05, 0) is 89.3 Å². The summed E-state index contributed by atoms with van der Waals surface area (Å²) in [6.07, 6.45) is 0.737. The fourth-order valence-electron chi connectivity index (χ4n) is 4.00. The van der Waals surface area contributed by atoms with Crippen molar-refractivity contribution in [3.8, 4) is 5.75 Å². The number of amides is 1. The maximum atomic E-state index is 13.1. The molecule has 1 aliphatic rings. The van der Waals surface area contributed by atoms with Gasteiger partial charge >= 0.3 is 0 Å². The summed E-state index contributed by atoms with van der Waals surface area (Å²) in [4.78, 5) is 29.7. The normalized spacial score (nSPS) is 17.9. The third-order valence-electron chi connectivity index (χ3n) is 5.54. The van der Waals surface area contributed by atoms with Gasteiger partial charge in [-0.15, -0.1) is 0 Å². The van der Waals surface area contributed by atoms with Gasteiger partial charge in [-0.25, -0.2) is 0 Å². The summed E-state index contributed by atoms with van der Waals surface area (Å²) in [5, 5.41) is 11.2. The van der Waals surface area contributed by atoms with E-state index in [-0.39, 0.29) is 17.4 Å². The van der Waals surface area contributed by atoms with E-state index in [4.69, 9.17) is 4.74 Å². The number of Topliss-reactive ketones (excluding diaryl/α,β-unsaturated/α-hetero) is 1. The summed E-state index contributed by atoms with van der Waals surface area (Å²) in [5.41, 5.74) is 2.22. The Balaban J connectivity index is 2.07. The average Bonchev–Trinajstić information content (AvgIpc) is 2.99. The maximum absolute atomic E-state index is 13.1. The van der Waals surface area contributed by atoms with Crippen LogP contribution in [0.2, 0.25) is 0 Å². The van der Waals surface area contributed by atoms with Crippen LogP contribution in [0.1, 0.15) is 43.0 Å². The van der Waals surface area contributed by atoms with E-state index in [0.717, 1.165) is 27.9 Å². The Hall–Kier alpha value is -2.64. The second kappa shape index (κ2) is 10.5. The molecule has 0 aliphatic carbocycles. The molecule has 2 aromatic rings. The molecule has 0 bridgehead atoms. The van der Waals surface area contributed by atoms with Gasteiger partial charge in [0.2, 0.25) is 0 Å². The largest absolute Gasteiger partial charge is 0.507 e. The van der Waals surface area contributed by atoms with Crippen molar-refractivity contribution in [2.45, 2.75) is 39.3 Å². The molecule has 7 heteroatoms. The number of hydrogen-bond acceptors (Lipinski definition) is 5. The highest BCUT2D eigenvalue weighted by Gasteiger charge is 2.45. The summed E-state index contributed by atoms with van der Waals surface area (Å²) in [6.45, 7) is 6.99. The van der Waals surface area contributed by atoms with Gasteiger partial charge in [0, 0.05) is 16.6 Å². The molecule has 2 aromatic carbocycles. The number of carbonyl (C=O) groups excluding carboxylic acids is 2. The van der Waals surface area contributed by atoms with Gasteiger partial charge in [-0.2, -0.15) is 0 Å². The Morgan fingerprint density at radius 2 is 1.82 bits per heavy atom. The fraction of sp³-hybridized carbons (Fsp3) is 0.385. The number of aliphatic hydroxyl groups excluding tert-OH is 1. The van der Waals surface area contributed by atoms with E-state index < -0.39 is 17.7 Å². The number of rotatable bonds is 8. The molecular formula is C26H31BrN2O4. The summed E-state index contributed by atoms with van der Waals surface area (Å²) in [5.74, 6) is -0.698. The number of aliphatic hydroxyl groups is 1. The van der Waals surface area contributed by atoms with Crippen LogP contribution < -0.4 is 4.74 Å². The van der Waals surface area contributed by atoms with Crippen LogP contribution in [0.3, 0.4) is 0 Å². The molecule has 33 heavy (non-hydrogen) atoms. The average molecular weight is 515 g/mol. The maximum Gasteiger partial charge on any atom is 0.295 e. The SMILES string of the molecule is Cc1cc(/C(O)=C2/C(=O)C(=O)N(CCCN(C)C)C2c2ccc(Br)cc2)ccc1OC(C)C. The van der Waals surface area contributed by atoms with E-state index >= 15 is 0 Å². The van der Waals surface area contributed by atoms with E-state index in [1.807, 2.05) is 64.0 Å². The molecule has 0 saturated carbocycles. The monoisotopic (exact) mass is 514 g/mol. The number of ketones is 1. The van der Waals surface area contributed by atoms with E-state index in [1.165, 1.54) is 0 Å². The zero-order chi connectivity index (χ0) is 24.3. The summed E-state index contributed by atoms with van der Waals surface area (Å²) in [7, 11) is 3.94. The van der Waals surface area contributed by atoms with Crippen LogP contribution in [0.4, 0.5) is 0 Å². The van der Waals surface area contributed by atoms with E-state index in [2.05, 4.69) is 15.9 Å². The smallest absolute Gasteiger partial charge is 0.295 e. The standard InChI is InChI=1S/C26H31BrN2O4/c1-16(2)33-21-12-9-19(15-17(21)3)24(30)22-23(18-7-10-20(27)11-8-18)29(26(32)25(22)31)14-6-13-28(4)5/h7-12,15-16,23,30H,6,13-14H2,1-5H3/b24-22-. The van der Waals surface area contributed by atoms with Gasteiger partial charge < -0.3 is 19.6 Å². The van der Waals surface area contributed by atoms with Gasteiger partial charge in [0.15, 0.2) is 0 Å². The molecule has 1 atom stereocenters. The minimum absolute atomic E-state index is 0.0213. The molecule has 0 spiro atoms. The molecule has 1 aliphatic heterocycles. The molecule has 1 N–H and O–H groups in total. The molecule has 1 unspecified atom stereocenters. The predicted molar refractivity (Wildman–Crippen MR) is 133 cm³/mol. The van der Waals surface area contributed by atoms with Crippen LogP contribution in [0.5, 0.6) is 5.75 Å². The number of ether oxygens (including phenoxy) is 1. The zero-order valence-electron chi connectivity index (χ0n) is 19.8. The topological polar surface area (TPSA) is 70.1 Å². The van der Waals surface area contributed by atoms with Crippen molar-refractivity contribution in [3.63, 3.8) is 0 Å². The minimum atomic E-state index is -0.662. The molecule has 0 radical (unpaired) electrons. The molecule has 1 fully saturated rings. The number of carbonyl (C=O) groups is 2. The quantitative estimate of drug-likeness (QED) is 0.307. The molecule has 176 valence electrons. The number of likely N-dealkylation sites (tertiary alicyclic amines) is 1. The van der Waals surface area contributed by atoms with Gasteiger partial charge in [-0.1, -0.05) is 28.1 Å². The van der Waals surface area contributed by atoms with Crippen molar-refractivity contribution in [2.24, 2.45) is 0 Å². The van der Waals surface area contributed by atoms with Crippen LogP contribution in [-0.2, 0) is 9.59 Å². The lowest BCUT2D eigenvalue weighted by molar-refractivity contribution is -0.139. The van der Waals surface area contributed by atoms with Crippen molar-refractivity contribution in [1.82, 2.24) is 9.80 Å². The fourth-order valence-corrected chi connectivity index (χ4v) is 4.26. The molecule has 6 nitrogen and oxygen atoms in total. The summed E-state index contributed by atoms with van der Waals surface area (Å²) in [6, 6.07) is 12.1. The molecule has 0 aromatic heterocycles. The zero-order valence-corrected chi connectivity index (χ0v) is 21.3. The molecule has 1 amide bonds. The van der Waals surface area contributed by atoms with Crippen molar-refractivity contribution in [1.29, 1.82) is 0 Å². The number of halogens is 1. The van der Waals surface area contributed by atoms with Gasteiger partial charge in [0.25, 0.3) is 11.7 Å². The number of nitrogens with zero attached hydrogens (tertiary/aromatic N) is 2. The van der Waals surface area contributed by atoms with E-state index in [0.29, 0.717) is 18.5 Å². The molecule has 1 saturated heterocycles. The highest BCUT2D eigenvalue weighted by atomic mass is 79.9. The lowest BCUT2D eigenvalue weighted by Crippen LogP contribution is -2.32. The van der Waals surface area contributed by atoms with Crippen LogP contribution in [-0.4, -0.2) is 59.9 Å². The third-order valence-corrected chi connectivity index (χ3v) is 6.07. The lowest BCUT2D eigenvalue weighted by atomic mass is 9.94. The highest BCUT2D eigenvalue weighted by Crippen LogP contribution is 2.40. The predicted octanol–water partition coefficient (Wildman–Crippen LogP) is 4.92.